The summed E-state index contributed by atoms with van der Waals surface area (Å²) in [6.07, 6.45) is 2.20. The molecule has 3 N–H and O–H groups in total. The lowest BCUT2D eigenvalue weighted by Gasteiger charge is -2.26. The van der Waals surface area contributed by atoms with E-state index in [2.05, 4.69) is 22.4 Å². The van der Waals surface area contributed by atoms with Crippen molar-refractivity contribution in [2.75, 3.05) is 6.54 Å². The van der Waals surface area contributed by atoms with Crippen LogP contribution in [0.2, 0.25) is 0 Å². The Morgan fingerprint density at radius 2 is 2.26 bits per heavy atom. The van der Waals surface area contributed by atoms with E-state index in [0.29, 0.717) is 18.7 Å². The van der Waals surface area contributed by atoms with Crippen LogP contribution < -0.4 is 5.32 Å². The quantitative estimate of drug-likeness (QED) is 0.706. The molecule has 5 heteroatoms. The van der Waals surface area contributed by atoms with Gasteiger partial charge in [0.25, 0.3) is 5.91 Å². The van der Waals surface area contributed by atoms with Gasteiger partial charge in [0.1, 0.15) is 5.69 Å². The first-order chi connectivity index (χ1) is 8.84. The van der Waals surface area contributed by atoms with Gasteiger partial charge in [-0.15, -0.1) is 0 Å². The number of hydrogen-bond donors (Lipinski definition) is 3. The first-order valence-corrected chi connectivity index (χ1v) is 6.84. The number of amides is 1. The molecule has 108 valence electrons. The van der Waals surface area contributed by atoms with Crippen molar-refractivity contribution < 1.29 is 9.90 Å². The molecule has 0 saturated carbocycles. The number of H-pyrrole nitrogens is 1. The summed E-state index contributed by atoms with van der Waals surface area (Å²) in [6, 6.07) is 1.79. The van der Waals surface area contributed by atoms with Crippen molar-refractivity contribution in [3.05, 3.63) is 17.5 Å². The molecule has 0 bridgehead atoms. The molecular weight excluding hydrogens is 242 g/mol. The fraction of sp³-hybridized carbons (Fsp3) is 0.714. The smallest absolute Gasteiger partial charge is 0.271 e. The van der Waals surface area contributed by atoms with E-state index < -0.39 is 0 Å². The normalized spacial score (nSPS) is 13.3. The zero-order valence-electron chi connectivity index (χ0n) is 12.3. The van der Waals surface area contributed by atoms with Crippen LogP contribution in [0.1, 0.15) is 56.7 Å². The Morgan fingerprint density at radius 3 is 2.84 bits per heavy atom. The van der Waals surface area contributed by atoms with Crippen LogP contribution in [-0.2, 0) is 6.42 Å². The van der Waals surface area contributed by atoms with Crippen LogP contribution in [0.3, 0.4) is 0 Å². The van der Waals surface area contributed by atoms with E-state index in [-0.39, 0.29) is 17.4 Å². The minimum Gasteiger partial charge on any atom is -0.393 e. The third-order valence-corrected chi connectivity index (χ3v) is 2.96. The van der Waals surface area contributed by atoms with Crippen LogP contribution in [0.25, 0.3) is 0 Å². The predicted octanol–water partition coefficient (Wildman–Crippen LogP) is 1.89. The molecule has 0 aromatic carbocycles. The second-order valence-corrected chi connectivity index (χ2v) is 5.93. The zero-order chi connectivity index (χ0) is 14.5. The summed E-state index contributed by atoms with van der Waals surface area (Å²) in [5.74, 6) is -0.169. The molecular formula is C14H25N3O2. The fourth-order valence-electron chi connectivity index (χ4n) is 2.16. The number of rotatable bonds is 7. The number of aromatic amines is 1. The Kier molecular flexibility index (Phi) is 5.54. The Balaban J connectivity index is 2.50. The maximum absolute atomic E-state index is 11.9. The molecule has 1 amide bonds. The number of nitrogens with one attached hydrogen (secondary N) is 2. The molecule has 0 saturated heterocycles. The van der Waals surface area contributed by atoms with Crippen LogP contribution in [0.4, 0.5) is 0 Å². The molecule has 0 radical (unpaired) electrons. The number of carbonyl (C=O) groups is 1. The van der Waals surface area contributed by atoms with Gasteiger partial charge in [0.15, 0.2) is 0 Å². The van der Waals surface area contributed by atoms with Crippen molar-refractivity contribution >= 4 is 5.91 Å². The molecule has 1 atom stereocenters. The molecule has 0 aliphatic carbocycles. The van der Waals surface area contributed by atoms with Crippen molar-refractivity contribution in [1.82, 2.24) is 15.5 Å². The van der Waals surface area contributed by atoms with Crippen LogP contribution in [0, 0.1) is 5.41 Å². The summed E-state index contributed by atoms with van der Waals surface area (Å²) in [7, 11) is 0. The van der Waals surface area contributed by atoms with E-state index in [1.165, 1.54) is 0 Å². The summed E-state index contributed by atoms with van der Waals surface area (Å²) in [4.78, 5) is 11.9. The van der Waals surface area contributed by atoms with Gasteiger partial charge in [0.05, 0.1) is 6.10 Å². The number of aliphatic hydroxyl groups excluding tert-OH is 1. The molecule has 0 spiro atoms. The topological polar surface area (TPSA) is 78.0 Å². The Labute approximate surface area is 114 Å². The van der Waals surface area contributed by atoms with Gasteiger partial charge in [0, 0.05) is 12.2 Å². The summed E-state index contributed by atoms with van der Waals surface area (Å²) < 4.78 is 0. The maximum atomic E-state index is 11.9. The SMILES string of the molecule is CCCc1cc(C(=O)NCC(C)(C)CC(C)O)n[nH]1. The lowest BCUT2D eigenvalue weighted by molar-refractivity contribution is 0.0897. The molecule has 1 rings (SSSR count). The number of nitrogens with zero attached hydrogens (tertiary/aromatic N) is 1. The summed E-state index contributed by atoms with van der Waals surface area (Å²) in [5, 5.41) is 19.1. The highest BCUT2D eigenvalue weighted by atomic mass is 16.3. The minimum atomic E-state index is -0.367. The highest BCUT2D eigenvalue weighted by Crippen LogP contribution is 2.21. The fourth-order valence-corrected chi connectivity index (χ4v) is 2.16. The minimum absolute atomic E-state index is 0.133. The lowest BCUT2D eigenvalue weighted by atomic mass is 9.87. The van der Waals surface area contributed by atoms with Gasteiger partial charge in [0.2, 0.25) is 0 Å². The van der Waals surface area contributed by atoms with E-state index in [0.717, 1.165) is 18.5 Å². The number of aromatic nitrogens is 2. The maximum Gasteiger partial charge on any atom is 0.271 e. The average Bonchev–Trinajstić information content (AvgIpc) is 2.73. The summed E-state index contributed by atoms with van der Waals surface area (Å²) >= 11 is 0. The van der Waals surface area contributed by atoms with Gasteiger partial charge < -0.3 is 10.4 Å². The van der Waals surface area contributed by atoms with Gasteiger partial charge in [-0.2, -0.15) is 5.10 Å². The number of aliphatic hydroxyl groups is 1. The van der Waals surface area contributed by atoms with E-state index in [9.17, 15) is 9.90 Å². The van der Waals surface area contributed by atoms with Crippen molar-refractivity contribution in [1.29, 1.82) is 0 Å². The first kappa shape index (κ1) is 15.7. The highest BCUT2D eigenvalue weighted by Gasteiger charge is 2.22. The largest absolute Gasteiger partial charge is 0.393 e. The van der Waals surface area contributed by atoms with Crippen molar-refractivity contribution in [2.24, 2.45) is 5.41 Å². The molecule has 0 aliphatic rings. The number of hydrogen-bond acceptors (Lipinski definition) is 3. The lowest BCUT2D eigenvalue weighted by Crippen LogP contribution is -2.35. The van der Waals surface area contributed by atoms with Gasteiger partial charge in [-0.25, -0.2) is 0 Å². The Hall–Kier alpha value is -1.36. The summed E-state index contributed by atoms with van der Waals surface area (Å²) in [5.41, 5.74) is 1.28. The van der Waals surface area contributed by atoms with Crippen LogP contribution in [0.5, 0.6) is 0 Å². The van der Waals surface area contributed by atoms with Crippen molar-refractivity contribution in [3.63, 3.8) is 0 Å². The number of carbonyl (C=O) groups excluding carboxylic acids is 1. The van der Waals surface area contributed by atoms with Crippen LogP contribution in [-0.4, -0.2) is 33.9 Å². The molecule has 1 aromatic heterocycles. The predicted molar refractivity (Wildman–Crippen MR) is 75.0 cm³/mol. The molecule has 19 heavy (non-hydrogen) atoms. The molecule has 0 aliphatic heterocycles. The van der Waals surface area contributed by atoms with E-state index in [4.69, 9.17) is 0 Å². The molecule has 1 unspecified atom stereocenters. The first-order valence-electron chi connectivity index (χ1n) is 6.84. The van der Waals surface area contributed by atoms with Gasteiger partial charge in [-0.1, -0.05) is 27.2 Å². The van der Waals surface area contributed by atoms with E-state index in [1.807, 2.05) is 13.8 Å². The second kappa shape index (κ2) is 6.70. The third-order valence-electron chi connectivity index (χ3n) is 2.96. The second-order valence-electron chi connectivity index (χ2n) is 5.93. The molecule has 0 fully saturated rings. The summed E-state index contributed by atoms with van der Waals surface area (Å²) in [6.45, 7) is 8.40. The Bertz CT molecular complexity index is 411. The Morgan fingerprint density at radius 1 is 1.58 bits per heavy atom. The molecule has 5 nitrogen and oxygen atoms in total. The van der Waals surface area contributed by atoms with E-state index in [1.54, 1.807) is 13.0 Å². The zero-order valence-corrected chi connectivity index (χ0v) is 12.3. The third kappa shape index (κ3) is 5.42. The molecule has 1 heterocycles. The van der Waals surface area contributed by atoms with Crippen molar-refractivity contribution in [3.8, 4) is 0 Å². The monoisotopic (exact) mass is 267 g/mol. The van der Waals surface area contributed by atoms with E-state index >= 15 is 0 Å². The van der Waals surface area contributed by atoms with Crippen LogP contribution in [0.15, 0.2) is 6.07 Å². The van der Waals surface area contributed by atoms with Gasteiger partial charge in [-0.05, 0) is 31.2 Å². The van der Waals surface area contributed by atoms with Crippen LogP contribution >= 0.6 is 0 Å². The standard InChI is InChI=1S/C14H25N3O2/c1-5-6-11-7-12(17-16-11)13(19)15-9-14(3,4)8-10(2)18/h7,10,18H,5-6,8-9H2,1-4H3,(H,15,19)(H,16,17). The van der Waals surface area contributed by atoms with Gasteiger partial charge >= 0.3 is 0 Å². The van der Waals surface area contributed by atoms with Crippen molar-refractivity contribution in [2.45, 2.75) is 53.1 Å². The molecule has 1 aromatic rings. The van der Waals surface area contributed by atoms with Gasteiger partial charge in [-0.3, -0.25) is 9.89 Å². The highest BCUT2D eigenvalue weighted by molar-refractivity contribution is 5.92. The average molecular weight is 267 g/mol. The number of aryl methyl sites for hydroxylation is 1.